The van der Waals surface area contributed by atoms with Crippen LogP contribution < -0.4 is 108 Å². The SMILES string of the molecule is COc1cc(OC)cc(C(=O)NC2CCCc3c2ccc(=O)n3C)c1.COc1cc(OC)cc(C(=O)Nc2cccc3c2ccc(=O)n3C)c1.COc1ccc(C(=O)NC2CCCc3c2ccc(=O)n3C)cc1.COc1ccc(C(=O)Nc2cccc3c2ccc(=O)n3C)cc1.Cn1c2c(ccc1=O)C(NC(=O)c1ccc(OC(F)(F)F)cc1)CCC2.Cn1c2c(ccc1=O)C(NC(=O)c1ccc3c(c1)OCCO3)CCC2. The number of benzene rings is 8. The summed E-state index contributed by atoms with van der Waals surface area (Å²) in [6.45, 7) is 1.01. The molecule has 33 nitrogen and oxygen atoms in total. The van der Waals surface area contributed by atoms with E-state index in [1.54, 1.807) is 250 Å². The number of nitrogens with zero attached hydrogens (tertiary/aromatic N) is 6. The van der Waals surface area contributed by atoms with Crippen LogP contribution in [0.25, 0.3) is 21.8 Å². The summed E-state index contributed by atoms with van der Waals surface area (Å²) in [6, 6.07) is 64.1. The van der Waals surface area contributed by atoms with Crippen LogP contribution in [-0.2, 0) is 68.0 Å². The van der Waals surface area contributed by atoms with Gasteiger partial charge in [0, 0.05) is 158 Å². The predicted molar refractivity (Wildman–Crippen MR) is 549 cm³/mol. The van der Waals surface area contributed by atoms with E-state index in [-0.39, 0.29) is 98.4 Å². The molecule has 4 atom stereocenters. The Morgan fingerprint density at radius 3 is 0.905 bits per heavy atom. The molecule has 6 aromatic heterocycles. The lowest BCUT2D eigenvalue weighted by Gasteiger charge is -2.28. The zero-order valence-electron chi connectivity index (χ0n) is 83.1. The third-order valence-corrected chi connectivity index (χ3v) is 26.2. The van der Waals surface area contributed by atoms with Crippen LogP contribution >= 0.6 is 0 Å². The number of nitrogens with one attached hydrogen (secondary N) is 6. The number of halogens is 3. The van der Waals surface area contributed by atoms with Gasteiger partial charge < -0.3 is 102 Å². The molecule has 4 aliphatic carbocycles. The third kappa shape index (κ3) is 25.7. The molecule has 6 N–H and O–H groups in total. The maximum absolute atomic E-state index is 12.7. The van der Waals surface area contributed by atoms with Gasteiger partial charge >= 0.3 is 6.36 Å². The van der Waals surface area contributed by atoms with E-state index in [4.69, 9.17) is 37.9 Å². The second kappa shape index (κ2) is 47.8. The third-order valence-electron chi connectivity index (χ3n) is 26.2. The minimum absolute atomic E-state index is 0.00844. The van der Waals surface area contributed by atoms with Crippen molar-refractivity contribution in [2.24, 2.45) is 42.3 Å². The van der Waals surface area contributed by atoms with Gasteiger partial charge in [-0.25, -0.2) is 0 Å². The highest BCUT2D eigenvalue weighted by Crippen LogP contribution is 2.38. The van der Waals surface area contributed by atoms with Crippen molar-refractivity contribution in [2.75, 3.05) is 66.5 Å². The Morgan fingerprint density at radius 2 is 0.571 bits per heavy atom. The summed E-state index contributed by atoms with van der Waals surface area (Å²) in [4.78, 5) is 146. The number of rotatable bonds is 19. The predicted octanol–water partition coefficient (Wildman–Crippen LogP) is 15.1. The smallest absolute Gasteiger partial charge is 0.497 e. The summed E-state index contributed by atoms with van der Waals surface area (Å²) in [7, 11) is 19.8. The van der Waals surface area contributed by atoms with Crippen molar-refractivity contribution in [2.45, 2.75) is 108 Å². The molecule has 147 heavy (non-hydrogen) atoms. The lowest BCUT2D eigenvalue weighted by Crippen LogP contribution is -2.34. The molecule has 0 saturated carbocycles. The van der Waals surface area contributed by atoms with Gasteiger partial charge in [-0.3, -0.25) is 57.5 Å². The average Bonchev–Trinajstić information content (AvgIpc) is 0.800. The first-order chi connectivity index (χ1) is 70.6. The van der Waals surface area contributed by atoms with E-state index in [0.29, 0.717) is 92.7 Å². The van der Waals surface area contributed by atoms with Crippen LogP contribution in [0.4, 0.5) is 24.5 Å². The van der Waals surface area contributed by atoms with Crippen molar-refractivity contribution in [1.82, 2.24) is 48.7 Å². The molecule has 4 unspecified atom stereocenters. The van der Waals surface area contributed by atoms with Gasteiger partial charge in [-0.1, -0.05) is 12.1 Å². The molecule has 0 bridgehead atoms. The summed E-state index contributed by atoms with van der Waals surface area (Å²) in [6.07, 6.45) is 5.54. The number of aryl methyl sites for hydroxylation is 2. The fraction of sp³-hybridized carbons (Fsp3) is 0.279. The molecular formula is C111H113F3N12O21. The van der Waals surface area contributed by atoms with Crippen LogP contribution in [0.15, 0.2) is 265 Å². The van der Waals surface area contributed by atoms with E-state index < -0.39 is 12.3 Å². The van der Waals surface area contributed by atoms with E-state index in [0.717, 1.165) is 162 Å². The summed E-state index contributed by atoms with van der Waals surface area (Å²) in [5, 5.41) is 19.5. The van der Waals surface area contributed by atoms with Crippen molar-refractivity contribution < 1.29 is 84.6 Å². The molecule has 36 heteroatoms. The van der Waals surface area contributed by atoms with Gasteiger partial charge in [0.15, 0.2) is 11.5 Å². The maximum atomic E-state index is 12.7. The highest BCUT2D eigenvalue weighted by molar-refractivity contribution is 6.10. The van der Waals surface area contributed by atoms with E-state index in [9.17, 15) is 70.7 Å². The van der Waals surface area contributed by atoms with E-state index in [2.05, 4.69) is 36.6 Å². The van der Waals surface area contributed by atoms with Crippen LogP contribution in [-0.4, -0.2) is 125 Å². The molecule has 8 aromatic carbocycles. The Hall–Kier alpha value is -17.2. The summed E-state index contributed by atoms with van der Waals surface area (Å²) in [5.41, 5.74) is 13.1. The minimum Gasteiger partial charge on any atom is -0.497 e. The summed E-state index contributed by atoms with van der Waals surface area (Å²) >= 11 is 0. The molecule has 0 radical (unpaired) electrons. The lowest BCUT2D eigenvalue weighted by atomic mass is 9.90. The topological polar surface area (TPSA) is 390 Å². The van der Waals surface area contributed by atoms with Gasteiger partial charge in [0.05, 0.1) is 89.2 Å². The Morgan fingerprint density at radius 1 is 0.293 bits per heavy atom. The first kappa shape index (κ1) is 106. The number of carbonyl (C=O) groups is 6. The standard InChI is InChI=1S/C19H20N2O4.C19H22N2O4.C19H18N2O4.C18H17F3N2O3.C18H20N2O3.C18H16N2O3/c1-21-15-4-2-3-14(13(15)6-8-18(21)22)20-19(23)12-5-7-16-17(11-12)25-10-9-24-16;2*1-21-17-6-4-5-16(15(17)7-8-18(21)22)20-19(23)12-9-13(24-2)11-14(10-12)25-3;1-23-15-4-2-3-14(13(15)9-10-16(23)24)22-17(25)11-5-7-12(8-6-11)26-18(19,20)21;2*1-20-16-5-3-4-15(14(16)10-11-17(20)21)19-18(22)12-6-8-13(23-2)9-7-12/h5-8,11,14H,2-4,9-10H2,1H3,(H,20,23);7-11,16H,4-6H2,1-3H3,(H,20,23);4-11H,1-3H3,(H,20,23);5-10,14H,2-4H2,1H3,(H,22,25);6-11,15H,3-5H2,1-2H3,(H,19,22);3-11H,1-2H3,(H,19,22). The Balaban J connectivity index is 0.000000139. The number of hydrogen-bond acceptors (Lipinski definition) is 21. The van der Waals surface area contributed by atoms with Crippen molar-refractivity contribution >= 4 is 68.6 Å². The van der Waals surface area contributed by atoms with Gasteiger partial charge in [0.25, 0.3) is 46.6 Å². The highest BCUT2D eigenvalue weighted by atomic mass is 19.4. The molecule has 7 heterocycles. The normalized spacial score (nSPS) is 14.8. The number of ether oxygens (including phenoxy) is 9. The van der Waals surface area contributed by atoms with Crippen LogP contribution in [0.5, 0.6) is 51.7 Å². The molecule has 1 aliphatic heterocycles. The Labute approximate surface area is 842 Å². The Bertz CT molecular complexity index is 7600. The van der Waals surface area contributed by atoms with Crippen molar-refractivity contribution in [3.63, 3.8) is 0 Å². The fourth-order valence-corrected chi connectivity index (χ4v) is 18.2. The van der Waals surface area contributed by atoms with Crippen LogP contribution in [0.1, 0.15) is 183 Å². The summed E-state index contributed by atoms with van der Waals surface area (Å²) < 4.78 is 92.1. The number of anilines is 2. The number of fused-ring (bicyclic) bond motifs is 7. The number of hydrogen-bond donors (Lipinski definition) is 6. The van der Waals surface area contributed by atoms with Gasteiger partial charge in [-0.15, -0.1) is 13.2 Å². The van der Waals surface area contributed by atoms with Crippen molar-refractivity contribution in [3.05, 3.63) is 377 Å². The van der Waals surface area contributed by atoms with Gasteiger partial charge in [0.1, 0.15) is 53.5 Å². The lowest BCUT2D eigenvalue weighted by molar-refractivity contribution is -0.274. The molecule has 0 saturated heterocycles. The number of aromatic nitrogens is 6. The Kier molecular flexibility index (Phi) is 34.3. The molecule has 764 valence electrons. The van der Waals surface area contributed by atoms with Gasteiger partial charge in [-0.2, -0.15) is 0 Å². The first-order valence-electron chi connectivity index (χ1n) is 47.4. The fourth-order valence-electron chi connectivity index (χ4n) is 18.2. The van der Waals surface area contributed by atoms with Crippen LogP contribution in [0.2, 0.25) is 0 Å². The molecule has 6 amide bonds. The van der Waals surface area contributed by atoms with Gasteiger partial charge in [0.2, 0.25) is 22.2 Å². The second-order valence-corrected chi connectivity index (χ2v) is 35.1. The second-order valence-electron chi connectivity index (χ2n) is 35.1. The molecule has 5 aliphatic rings. The van der Waals surface area contributed by atoms with Crippen molar-refractivity contribution in [3.8, 4) is 51.7 Å². The first-order valence-corrected chi connectivity index (χ1v) is 47.4. The number of alkyl halides is 3. The van der Waals surface area contributed by atoms with Crippen LogP contribution in [0, 0.1) is 0 Å². The zero-order valence-corrected chi connectivity index (χ0v) is 83.1. The van der Waals surface area contributed by atoms with E-state index in [1.807, 2.05) is 42.5 Å². The van der Waals surface area contributed by atoms with Gasteiger partial charge in [-0.05, 0) is 275 Å². The maximum Gasteiger partial charge on any atom is 0.573 e. The number of pyridine rings is 6. The van der Waals surface area contributed by atoms with Crippen molar-refractivity contribution in [1.29, 1.82) is 0 Å². The van der Waals surface area contributed by atoms with E-state index in [1.165, 1.54) is 44.6 Å². The molecule has 0 fully saturated rings. The van der Waals surface area contributed by atoms with E-state index >= 15 is 0 Å². The number of carbonyl (C=O) groups excluding carboxylic acids is 6. The molecule has 0 spiro atoms. The quantitative estimate of drug-likeness (QED) is 0.0438. The zero-order chi connectivity index (χ0) is 105. The monoisotopic (exact) mass is 2010 g/mol. The average molecular weight is 2010 g/mol. The molecule has 19 rings (SSSR count). The largest absolute Gasteiger partial charge is 0.573 e. The van der Waals surface area contributed by atoms with Crippen LogP contribution in [0.3, 0.4) is 0 Å². The molecular weight excluding hydrogens is 1890 g/mol. The number of methoxy groups -OCH3 is 6. The molecule has 14 aromatic rings. The minimum atomic E-state index is -4.77. The number of amides is 6. The highest BCUT2D eigenvalue weighted by Gasteiger charge is 2.33. The summed E-state index contributed by atoms with van der Waals surface area (Å²) in [5.74, 6) is 3.15.